The molecule has 1 aliphatic rings. The van der Waals surface area contributed by atoms with Crippen LogP contribution in [0.2, 0.25) is 0 Å². The molecule has 0 spiro atoms. The Labute approximate surface area is 145 Å². The van der Waals surface area contributed by atoms with Gasteiger partial charge in [0.05, 0.1) is 18.2 Å². The summed E-state index contributed by atoms with van der Waals surface area (Å²) in [6.45, 7) is 0.341. The van der Waals surface area contributed by atoms with Gasteiger partial charge in [0.2, 0.25) is 11.8 Å². The monoisotopic (exact) mass is 345 g/mol. The normalized spacial score (nSPS) is 17.8. The maximum absolute atomic E-state index is 13.4. The Hall–Kier alpha value is -2.67. The highest BCUT2D eigenvalue weighted by atomic mass is 19.1. The van der Waals surface area contributed by atoms with Crippen molar-refractivity contribution >= 4 is 17.5 Å². The topological polar surface area (TPSA) is 74.6 Å². The Morgan fingerprint density at radius 2 is 2.24 bits per heavy atom. The summed E-state index contributed by atoms with van der Waals surface area (Å²) in [6.07, 6.45) is 1.63. The van der Waals surface area contributed by atoms with Gasteiger partial charge in [-0.1, -0.05) is 6.07 Å². The average Bonchev–Trinajstić information content (AvgIpc) is 3.07. The molecule has 7 heteroatoms. The van der Waals surface area contributed by atoms with Gasteiger partial charge < -0.3 is 15.1 Å². The molecule has 6 nitrogen and oxygen atoms in total. The van der Waals surface area contributed by atoms with Crippen LogP contribution in [0.3, 0.4) is 0 Å². The number of amides is 2. The predicted octanol–water partition coefficient (Wildman–Crippen LogP) is 2.26. The highest BCUT2D eigenvalue weighted by Gasteiger charge is 2.31. The smallest absolute Gasteiger partial charge is 0.228 e. The van der Waals surface area contributed by atoms with Gasteiger partial charge in [0.1, 0.15) is 11.6 Å². The molecule has 0 fully saturated rings. The number of carbonyl (C=O) groups excluding carboxylic acids is 2. The van der Waals surface area contributed by atoms with Crippen molar-refractivity contribution in [3.05, 3.63) is 53.7 Å². The summed E-state index contributed by atoms with van der Waals surface area (Å²) in [7, 11) is 3.79. The molecule has 0 saturated carbocycles. The fourth-order valence-electron chi connectivity index (χ4n) is 3.01. The first-order chi connectivity index (χ1) is 12.0. The van der Waals surface area contributed by atoms with Crippen molar-refractivity contribution in [2.75, 3.05) is 26.0 Å². The van der Waals surface area contributed by atoms with E-state index in [9.17, 15) is 14.0 Å². The van der Waals surface area contributed by atoms with E-state index in [2.05, 4.69) is 10.6 Å². The van der Waals surface area contributed by atoms with E-state index in [0.717, 1.165) is 5.76 Å². The number of halogens is 1. The first kappa shape index (κ1) is 17.2. The molecule has 2 heterocycles. The van der Waals surface area contributed by atoms with Crippen molar-refractivity contribution in [3.8, 4) is 0 Å². The van der Waals surface area contributed by atoms with Gasteiger partial charge in [-0.3, -0.25) is 14.5 Å². The molecule has 2 atom stereocenters. The minimum atomic E-state index is -0.635. The zero-order chi connectivity index (χ0) is 18.0. The van der Waals surface area contributed by atoms with E-state index in [1.165, 1.54) is 12.1 Å². The van der Waals surface area contributed by atoms with Crippen LogP contribution in [0, 0.1) is 5.82 Å². The summed E-state index contributed by atoms with van der Waals surface area (Å²) in [5.74, 6) is -0.905. The minimum absolute atomic E-state index is 0.0395. The van der Waals surface area contributed by atoms with Crippen LogP contribution in [-0.4, -0.2) is 37.4 Å². The molecule has 2 N–H and O–H groups in total. The summed E-state index contributed by atoms with van der Waals surface area (Å²) in [5.41, 5.74) is 0.976. The van der Waals surface area contributed by atoms with E-state index in [0.29, 0.717) is 17.8 Å². The van der Waals surface area contributed by atoms with Crippen molar-refractivity contribution < 1.29 is 18.4 Å². The number of nitrogens with one attached hydrogen (secondary N) is 2. The molecular formula is C18H20FN3O3. The third kappa shape index (κ3) is 3.71. The van der Waals surface area contributed by atoms with Crippen LogP contribution in [0.4, 0.5) is 10.1 Å². The van der Waals surface area contributed by atoms with Crippen molar-refractivity contribution in [3.63, 3.8) is 0 Å². The molecule has 1 aromatic carbocycles. The van der Waals surface area contributed by atoms with Crippen LogP contribution in [0.5, 0.6) is 0 Å². The zero-order valence-corrected chi connectivity index (χ0v) is 14.1. The van der Waals surface area contributed by atoms with E-state index in [1.54, 1.807) is 18.4 Å². The number of hydrogen-bond donors (Lipinski definition) is 2. The minimum Gasteiger partial charge on any atom is -0.468 e. The molecule has 0 bridgehead atoms. The van der Waals surface area contributed by atoms with Crippen LogP contribution in [0.15, 0.2) is 41.0 Å². The molecule has 1 aromatic heterocycles. The van der Waals surface area contributed by atoms with Gasteiger partial charge >= 0.3 is 0 Å². The van der Waals surface area contributed by atoms with Gasteiger partial charge in [0.25, 0.3) is 0 Å². The second kappa shape index (κ2) is 7.06. The lowest BCUT2D eigenvalue weighted by atomic mass is 9.89. The van der Waals surface area contributed by atoms with Crippen LogP contribution in [-0.2, 0) is 9.59 Å². The Morgan fingerprint density at radius 3 is 2.92 bits per heavy atom. The second-order valence-electron chi connectivity index (χ2n) is 6.28. The Balaban J connectivity index is 1.74. The number of nitrogens with zero attached hydrogens (tertiary/aromatic N) is 1. The SMILES string of the molecule is CN(C)[C@@H](CNC(=O)[C@H]1CC(=O)Nc2cc(F)ccc21)c1ccco1. The summed E-state index contributed by atoms with van der Waals surface area (Å²) in [5, 5.41) is 5.49. The summed E-state index contributed by atoms with van der Waals surface area (Å²) in [6, 6.07) is 7.60. The van der Waals surface area contributed by atoms with E-state index < -0.39 is 11.7 Å². The quantitative estimate of drug-likeness (QED) is 0.872. The number of fused-ring (bicyclic) bond motifs is 1. The molecule has 0 radical (unpaired) electrons. The maximum atomic E-state index is 13.4. The fourth-order valence-corrected chi connectivity index (χ4v) is 3.01. The van der Waals surface area contributed by atoms with Gasteiger partial charge in [-0.15, -0.1) is 0 Å². The van der Waals surface area contributed by atoms with Crippen LogP contribution in [0.1, 0.15) is 29.7 Å². The molecule has 1 aliphatic heterocycles. The Bertz CT molecular complexity index is 774. The number of benzene rings is 1. The summed E-state index contributed by atoms with van der Waals surface area (Å²) in [4.78, 5) is 26.4. The van der Waals surface area contributed by atoms with E-state index in [4.69, 9.17) is 4.42 Å². The fraction of sp³-hybridized carbons (Fsp3) is 0.333. The largest absolute Gasteiger partial charge is 0.468 e. The van der Waals surface area contributed by atoms with E-state index >= 15 is 0 Å². The Kier molecular flexibility index (Phi) is 4.85. The third-order valence-electron chi connectivity index (χ3n) is 4.34. The van der Waals surface area contributed by atoms with Gasteiger partial charge in [0.15, 0.2) is 0 Å². The molecule has 0 aliphatic carbocycles. The highest BCUT2D eigenvalue weighted by Crippen LogP contribution is 2.33. The number of likely N-dealkylation sites (N-methyl/N-ethyl adjacent to an activating group) is 1. The lowest BCUT2D eigenvalue weighted by Crippen LogP contribution is -2.39. The lowest BCUT2D eigenvalue weighted by Gasteiger charge is -2.27. The summed E-state index contributed by atoms with van der Waals surface area (Å²) < 4.78 is 18.8. The molecular weight excluding hydrogens is 325 g/mol. The molecule has 25 heavy (non-hydrogen) atoms. The number of anilines is 1. The van der Waals surface area contributed by atoms with Gasteiger partial charge in [-0.25, -0.2) is 4.39 Å². The first-order valence-corrected chi connectivity index (χ1v) is 8.02. The number of hydrogen-bond acceptors (Lipinski definition) is 4. The molecule has 2 aromatic rings. The number of furan rings is 1. The van der Waals surface area contributed by atoms with E-state index in [-0.39, 0.29) is 24.3 Å². The predicted molar refractivity (Wildman–Crippen MR) is 90.5 cm³/mol. The lowest BCUT2D eigenvalue weighted by molar-refractivity contribution is -0.126. The van der Waals surface area contributed by atoms with Gasteiger partial charge in [0, 0.05) is 18.7 Å². The van der Waals surface area contributed by atoms with Crippen LogP contribution < -0.4 is 10.6 Å². The maximum Gasteiger partial charge on any atom is 0.228 e. The molecule has 0 unspecified atom stereocenters. The average molecular weight is 345 g/mol. The van der Waals surface area contributed by atoms with E-state index in [1.807, 2.05) is 25.1 Å². The molecule has 3 rings (SSSR count). The van der Waals surface area contributed by atoms with Crippen LogP contribution >= 0.6 is 0 Å². The summed E-state index contributed by atoms with van der Waals surface area (Å²) >= 11 is 0. The number of rotatable bonds is 5. The van der Waals surface area contributed by atoms with Crippen molar-refractivity contribution in [1.29, 1.82) is 0 Å². The van der Waals surface area contributed by atoms with Gasteiger partial charge in [-0.05, 0) is 43.9 Å². The van der Waals surface area contributed by atoms with Crippen molar-refractivity contribution in [1.82, 2.24) is 10.2 Å². The zero-order valence-electron chi connectivity index (χ0n) is 14.1. The van der Waals surface area contributed by atoms with Crippen LogP contribution in [0.25, 0.3) is 0 Å². The highest BCUT2D eigenvalue weighted by molar-refractivity contribution is 6.01. The molecule has 132 valence electrons. The van der Waals surface area contributed by atoms with Crippen molar-refractivity contribution in [2.45, 2.75) is 18.4 Å². The standard InChI is InChI=1S/C18H20FN3O3/c1-22(2)15(16-4-3-7-25-16)10-20-18(24)13-9-17(23)21-14-8-11(19)5-6-12(13)14/h3-8,13,15H,9-10H2,1-2H3,(H,20,24)(H,21,23)/t13-,15-/m0/s1. The third-order valence-corrected chi connectivity index (χ3v) is 4.34. The van der Waals surface area contributed by atoms with Crippen molar-refractivity contribution in [2.24, 2.45) is 0 Å². The number of carbonyl (C=O) groups is 2. The second-order valence-corrected chi connectivity index (χ2v) is 6.28. The molecule has 2 amide bonds. The molecule has 0 saturated heterocycles. The first-order valence-electron chi connectivity index (χ1n) is 8.02. The Morgan fingerprint density at radius 1 is 1.44 bits per heavy atom. The van der Waals surface area contributed by atoms with Gasteiger partial charge in [-0.2, -0.15) is 0 Å².